The highest BCUT2D eigenvalue weighted by Crippen LogP contribution is 2.38. The first-order valence-electron chi connectivity index (χ1n) is 13.4. The summed E-state index contributed by atoms with van der Waals surface area (Å²) in [5.74, 6) is 1.55. The first kappa shape index (κ1) is 24.3. The summed E-state index contributed by atoms with van der Waals surface area (Å²) in [5.41, 5.74) is 3.63. The smallest absolute Gasteiger partial charge is 0.236 e. The van der Waals surface area contributed by atoms with Crippen molar-refractivity contribution in [3.05, 3.63) is 59.0 Å². The van der Waals surface area contributed by atoms with E-state index in [9.17, 15) is 4.79 Å². The second-order valence-electron chi connectivity index (χ2n) is 10.1. The fourth-order valence-electron chi connectivity index (χ4n) is 5.75. The largest absolute Gasteiger partial charge is 0.368 e. The Balaban J connectivity index is 0.991. The quantitative estimate of drug-likeness (QED) is 0.539. The van der Waals surface area contributed by atoms with E-state index in [-0.39, 0.29) is 5.91 Å². The van der Waals surface area contributed by atoms with E-state index in [0.29, 0.717) is 12.5 Å². The van der Waals surface area contributed by atoms with Gasteiger partial charge in [0.05, 0.1) is 12.2 Å². The molecule has 3 aromatic rings. The monoisotopic (exact) mass is 517 g/mol. The summed E-state index contributed by atoms with van der Waals surface area (Å²) in [6.45, 7) is 10.1. The van der Waals surface area contributed by atoms with Crippen molar-refractivity contribution in [2.45, 2.75) is 12.3 Å². The Morgan fingerprint density at radius 3 is 2.43 bits per heavy atom. The molecule has 37 heavy (non-hydrogen) atoms. The van der Waals surface area contributed by atoms with Crippen molar-refractivity contribution in [3.63, 3.8) is 0 Å². The number of thiophene rings is 1. The predicted molar refractivity (Wildman–Crippen MR) is 149 cm³/mol. The van der Waals surface area contributed by atoms with Gasteiger partial charge in [-0.15, -0.1) is 11.3 Å². The van der Waals surface area contributed by atoms with Crippen molar-refractivity contribution in [1.82, 2.24) is 25.1 Å². The van der Waals surface area contributed by atoms with Crippen molar-refractivity contribution >= 4 is 28.6 Å². The minimum absolute atomic E-state index is 0.269. The molecule has 8 nitrogen and oxygen atoms in total. The third kappa shape index (κ3) is 5.49. The van der Waals surface area contributed by atoms with Gasteiger partial charge in [0.2, 0.25) is 5.91 Å². The van der Waals surface area contributed by atoms with Crippen LogP contribution in [0, 0.1) is 0 Å². The van der Waals surface area contributed by atoms with Gasteiger partial charge in [-0.3, -0.25) is 9.69 Å². The van der Waals surface area contributed by atoms with Gasteiger partial charge in [0, 0.05) is 93.3 Å². The third-order valence-corrected chi connectivity index (χ3v) is 8.89. The molecule has 0 spiro atoms. The predicted octanol–water partition coefficient (Wildman–Crippen LogP) is 2.75. The van der Waals surface area contributed by atoms with Crippen LogP contribution < -0.4 is 15.1 Å². The number of carbonyl (C=O) groups excluding carboxylic acids is 1. The molecule has 2 aromatic heterocycles. The van der Waals surface area contributed by atoms with E-state index in [0.717, 1.165) is 83.3 Å². The Bertz CT molecular complexity index is 1170. The molecule has 1 amide bonds. The number of rotatable bonds is 6. The van der Waals surface area contributed by atoms with Crippen LogP contribution in [0.3, 0.4) is 0 Å². The zero-order chi connectivity index (χ0) is 25.0. The van der Waals surface area contributed by atoms with Crippen LogP contribution in [0.1, 0.15) is 17.2 Å². The molecule has 1 aromatic carbocycles. The number of benzene rings is 1. The molecule has 0 aliphatic carbocycles. The molecule has 0 radical (unpaired) electrons. The van der Waals surface area contributed by atoms with Gasteiger partial charge in [-0.2, -0.15) is 0 Å². The lowest BCUT2D eigenvalue weighted by Gasteiger charge is -2.36. The number of carbonyl (C=O) groups is 1. The van der Waals surface area contributed by atoms with Crippen LogP contribution in [0.15, 0.2) is 54.2 Å². The number of likely N-dealkylation sites (tertiary alicyclic amines) is 1. The SMILES string of the molecule is O=C(CN1CC[C@@H](c2sccc2N2CCNCC2)C1)N1CCN(c2ccc(-c3ncccn3)cc2)CC1. The molecule has 3 fully saturated rings. The zero-order valence-electron chi connectivity index (χ0n) is 21.3. The van der Waals surface area contributed by atoms with Gasteiger partial charge in [-0.05, 0) is 54.7 Å². The first-order chi connectivity index (χ1) is 18.2. The molecule has 1 N–H and O–H groups in total. The molecule has 0 bridgehead atoms. The fraction of sp³-hybridized carbons (Fsp3) is 0.464. The second-order valence-corrected chi connectivity index (χ2v) is 11.1. The fourth-order valence-corrected chi connectivity index (χ4v) is 6.80. The van der Waals surface area contributed by atoms with Crippen LogP contribution in [0.2, 0.25) is 0 Å². The molecule has 3 aliphatic rings. The molecule has 0 unspecified atom stereocenters. The average molecular weight is 518 g/mol. The normalized spacial score (nSPS) is 21.0. The summed E-state index contributed by atoms with van der Waals surface area (Å²) in [5, 5.41) is 5.69. The van der Waals surface area contributed by atoms with Crippen LogP contribution in [-0.4, -0.2) is 97.7 Å². The minimum Gasteiger partial charge on any atom is -0.368 e. The Kier molecular flexibility index (Phi) is 7.34. The first-order valence-corrected chi connectivity index (χ1v) is 14.3. The maximum Gasteiger partial charge on any atom is 0.236 e. The van der Waals surface area contributed by atoms with Gasteiger partial charge in [-0.25, -0.2) is 9.97 Å². The average Bonchev–Trinajstić information content (AvgIpc) is 3.64. The summed E-state index contributed by atoms with van der Waals surface area (Å²) in [7, 11) is 0. The lowest BCUT2D eigenvalue weighted by molar-refractivity contribution is -0.132. The summed E-state index contributed by atoms with van der Waals surface area (Å²) in [6, 6.07) is 12.5. The minimum atomic E-state index is 0.269. The number of nitrogens with one attached hydrogen (secondary N) is 1. The standard InChI is InChI=1S/C28H35N7OS/c36-26(21-32-12-6-23(20-32)27-25(7-19-37-27)34-13-10-29-11-14-34)35-17-15-33(16-18-35)24-4-2-22(3-5-24)28-30-8-1-9-31-28/h1-5,7-9,19,23,29H,6,10-18,20-21H2/t23-/m1/s1. The highest BCUT2D eigenvalue weighted by molar-refractivity contribution is 7.10. The topological polar surface area (TPSA) is 67.8 Å². The number of hydrogen-bond acceptors (Lipinski definition) is 8. The van der Waals surface area contributed by atoms with E-state index >= 15 is 0 Å². The van der Waals surface area contributed by atoms with Gasteiger partial charge < -0.3 is 20.0 Å². The van der Waals surface area contributed by atoms with Crippen molar-refractivity contribution in [1.29, 1.82) is 0 Å². The molecule has 194 valence electrons. The second kappa shape index (κ2) is 11.2. The number of hydrogen-bond donors (Lipinski definition) is 1. The molecular formula is C28H35N7OS. The molecule has 0 saturated carbocycles. The van der Waals surface area contributed by atoms with E-state index in [4.69, 9.17) is 0 Å². The van der Waals surface area contributed by atoms with E-state index in [1.54, 1.807) is 12.4 Å². The molecular weight excluding hydrogens is 482 g/mol. The molecule has 5 heterocycles. The molecule has 9 heteroatoms. The number of amides is 1. The molecule has 3 saturated heterocycles. The van der Waals surface area contributed by atoms with Gasteiger partial charge in [0.25, 0.3) is 0 Å². The molecule has 1 atom stereocenters. The maximum atomic E-state index is 13.1. The van der Waals surface area contributed by atoms with Gasteiger partial charge in [0.15, 0.2) is 5.82 Å². The Morgan fingerprint density at radius 1 is 0.919 bits per heavy atom. The third-order valence-electron chi connectivity index (χ3n) is 7.82. The van der Waals surface area contributed by atoms with E-state index in [1.807, 2.05) is 22.3 Å². The highest BCUT2D eigenvalue weighted by Gasteiger charge is 2.31. The van der Waals surface area contributed by atoms with Gasteiger partial charge in [-0.1, -0.05) is 0 Å². The number of aromatic nitrogens is 2. The van der Waals surface area contributed by atoms with Crippen LogP contribution in [-0.2, 0) is 4.79 Å². The molecule has 6 rings (SSSR count). The van der Waals surface area contributed by atoms with Gasteiger partial charge in [0.1, 0.15) is 0 Å². The maximum absolute atomic E-state index is 13.1. The van der Waals surface area contributed by atoms with Crippen molar-refractivity contribution in [2.24, 2.45) is 0 Å². The van der Waals surface area contributed by atoms with Crippen molar-refractivity contribution < 1.29 is 4.79 Å². The number of anilines is 2. The Morgan fingerprint density at radius 2 is 1.68 bits per heavy atom. The van der Waals surface area contributed by atoms with Crippen LogP contribution in [0.4, 0.5) is 11.4 Å². The van der Waals surface area contributed by atoms with Crippen molar-refractivity contribution in [2.75, 3.05) is 81.8 Å². The van der Waals surface area contributed by atoms with Gasteiger partial charge >= 0.3 is 0 Å². The van der Waals surface area contributed by atoms with E-state index in [1.165, 1.54) is 16.3 Å². The Hall–Kier alpha value is -3.01. The highest BCUT2D eigenvalue weighted by atomic mass is 32.1. The summed E-state index contributed by atoms with van der Waals surface area (Å²) in [4.78, 5) is 32.6. The summed E-state index contributed by atoms with van der Waals surface area (Å²) in [6.07, 6.45) is 4.67. The summed E-state index contributed by atoms with van der Waals surface area (Å²) >= 11 is 1.89. The van der Waals surface area contributed by atoms with Crippen LogP contribution in [0.5, 0.6) is 0 Å². The zero-order valence-corrected chi connectivity index (χ0v) is 22.1. The number of nitrogens with zero attached hydrogens (tertiary/aromatic N) is 6. The number of piperazine rings is 2. The lowest BCUT2D eigenvalue weighted by atomic mass is 10.1. The van der Waals surface area contributed by atoms with Crippen LogP contribution in [0.25, 0.3) is 11.4 Å². The van der Waals surface area contributed by atoms with E-state index in [2.05, 4.69) is 65.7 Å². The van der Waals surface area contributed by atoms with Crippen molar-refractivity contribution in [3.8, 4) is 11.4 Å². The van der Waals surface area contributed by atoms with Crippen LogP contribution >= 0.6 is 11.3 Å². The van der Waals surface area contributed by atoms with E-state index < -0.39 is 0 Å². The summed E-state index contributed by atoms with van der Waals surface area (Å²) < 4.78 is 0. The molecule has 3 aliphatic heterocycles. The Labute approximate surface area is 222 Å². The lowest BCUT2D eigenvalue weighted by Crippen LogP contribution is -2.51.